The number of hydrogen-bond acceptors (Lipinski definition) is 11. The molecule has 16 heteroatoms. The summed E-state index contributed by atoms with van der Waals surface area (Å²) < 4.78 is 51.3. The zero-order valence-electron chi connectivity index (χ0n) is 32.6. The minimum absolute atomic E-state index is 0.0160. The van der Waals surface area contributed by atoms with E-state index in [1.807, 2.05) is 61.5 Å². The Kier molecular flexibility index (Phi) is 10.5. The molecular formula is C42H47N5O10S. The molecule has 0 spiro atoms. The van der Waals surface area contributed by atoms with Crippen molar-refractivity contribution in [1.29, 1.82) is 0 Å². The zero-order chi connectivity index (χ0) is 40.8. The fourth-order valence-corrected chi connectivity index (χ4v) is 9.41. The number of nitrogens with one attached hydrogen (secondary N) is 3. The van der Waals surface area contributed by atoms with Gasteiger partial charge in [0, 0.05) is 29.4 Å². The summed E-state index contributed by atoms with van der Waals surface area (Å²) in [5, 5.41) is 5.70. The molecule has 3 fully saturated rings. The summed E-state index contributed by atoms with van der Waals surface area (Å²) in [6.45, 7) is 1.93. The molecule has 1 saturated heterocycles. The molecule has 4 aromatic rings. The summed E-state index contributed by atoms with van der Waals surface area (Å²) in [6.07, 6.45) is 6.54. The summed E-state index contributed by atoms with van der Waals surface area (Å²) in [4.78, 5) is 61.7. The lowest BCUT2D eigenvalue weighted by atomic mass is 10.1. The molecule has 4 aliphatic rings. The molecule has 58 heavy (non-hydrogen) atoms. The van der Waals surface area contributed by atoms with E-state index in [4.69, 9.17) is 23.6 Å². The third-order valence-corrected chi connectivity index (χ3v) is 13.4. The molecule has 2 aliphatic heterocycles. The van der Waals surface area contributed by atoms with Crippen LogP contribution in [0.2, 0.25) is 0 Å². The lowest BCUT2D eigenvalue weighted by Crippen LogP contribution is -2.58. The van der Waals surface area contributed by atoms with Crippen LogP contribution in [0.3, 0.4) is 0 Å². The average molecular weight is 814 g/mol. The van der Waals surface area contributed by atoms with Gasteiger partial charge < -0.3 is 34.2 Å². The Balaban J connectivity index is 1.15. The van der Waals surface area contributed by atoms with Crippen LogP contribution in [0.4, 0.5) is 4.79 Å². The topological polar surface area (TPSA) is 195 Å². The number of methoxy groups -OCH3 is 2. The molecular weight excluding hydrogens is 767 g/mol. The van der Waals surface area contributed by atoms with Gasteiger partial charge in [0.25, 0.3) is 5.91 Å². The number of allylic oxidation sites excluding steroid dienone is 1. The largest absolute Gasteiger partial charge is 0.497 e. The van der Waals surface area contributed by atoms with E-state index in [2.05, 4.69) is 15.4 Å². The van der Waals surface area contributed by atoms with Crippen LogP contribution in [0.15, 0.2) is 65.1 Å². The first-order valence-corrected chi connectivity index (χ1v) is 21.3. The fourth-order valence-electron chi connectivity index (χ4n) is 8.04. The van der Waals surface area contributed by atoms with Crippen molar-refractivity contribution in [3.8, 4) is 22.8 Å². The lowest BCUT2D eigenvalue weighted by molar-refractivity contribution is -0.141. The van der Waals surface area contributed by atoms with Crippen molar-refractivity contribution < 1.29 is 46.2 Å². The molecule has 0 radical (unpaired) electrons. The highest BCUT2D eigenvalue weighted by atomic mass is 32.2. The van der Waals surface area contributed by atoms with Gasteiger partial charge in [-0.05, 0) is 81.8 Å². The second kappa shape index (κ2) is 15.6. The quantitative estimate of drug-likeness (QED) is 0.202. The number of alkyl carbamates (subject to hydrolysis) is 1. The second-order valence-electron chi connectivity index (χ2n) is 15.7. The van der Waals surface area contributed by atoms with Gasteiger partial charge in [0.2, 0.25) is 21.8 Å². The Morgan fingerprint density at radius 1 is 1.02 bits per heavy atom. The Hall–Kier alpha value is -5.64. The van der Waals surface area contributed by atoms with Gasteiger partial charge in [0.15, 0.2) is 11.3 Å². The Labute approximate surface area is 335 Å². The SMILES string of the molecule is COC(=O)N[C@H]1CCCCCC=C[C@@H]2C[C@@]2(C(=O)NS(=O)(=O)C2CC2)NC(=O)[C@@H]2C[C@@H](Oc3cc(-c4ccc(OC)cc4)nc4c3oc3ccc(C)cc34)CN2C1=O. The van der Waals surface area contributed by atoms with Crippen LogP contribution in [-0.2, 0) is 29.1 Å². The molecule has 5 atom stereocenters. The maximum atomic E-state index is 14.5. The third kappa shape index (κ3) is 7.81. The van der Waals surface area contributed by atoms with Gasteiger partial charge in [0.05, 0.1) is 31.7 Å². The molecule has 0 bridgehead atoms. The van der Waals surface area contributed by atoms with Gasteiger partial charge in [-0.2, -0.15) is 0 Å². The van der Waals surface area contributed by atoms with Gasteiger partial charge in [-0.25, -0.2) is 18.2 Å². The molecule has 0 unspecified atom stereocenters. The van der Waals surface area contributed by atoms with Crippen LogP contribution >= 0.6 is 0 Å². The molecule has 4 heterocycles. The summed E-state index contributed by atoms with van der Waals surface area (Å²) in [7, 11) is -1.11. The van der Waals surface area contributed by atoms with Crippen molar-refractivity contribution in [3.05, 3.63) is 66.2 Å². The molecule has 4 amide bonds. The van der Waals surface area contributed by atoms with Gasteiger partial charge in [-0.3, -0.25) is 19.1 Å². The van der Waals surface area contributed by atoms with Gasteiger partial charge in [-0.1, -0.05) is 36.6 Å². The van der Waals surface area contributed by atoms with Crippen molar-refractivity contribution in [2.24, 2.45) is 5.92 Å². The predicted octanol–water partition coefficient (Wildman–Crippen LogP) is 5.04. The number of ether oxygens (including phenoxy) is 3. The fraction of sp³-hybridized carbons (Fsp3) is 0.452. The van der Waals surface area contributed by atoms with Crippen LogP contribution < -0.4 is 24.8 Å². The first-order valence-electron chi connectivity index (χ1n) is 19.7. The Bertz CT molecular complexity index is 2410. The van der Waals surface area contributed by atoms with Crippen LogP contribution in [0.25, 0.3) is 33.3 Å². The summed E-state index contributed by atoms with van der Waals surface area (Å²) in [5.74, 6) is -1.36. The van der Waals surface area contributed by atoms with E-state index in [-0.39, 0.29) is 19.4 Å². The van der Waals surface area contributed by atoms with Crippen LogP contribution in [0, 0.1) is 12.8 Å². The van der Waals surface area contributed by atoms with E-state index in [1.165, 1.54) is 12.0 Å². The second-order valence-corrected chi connectivity index (χ2v) is 17.7. The molecule has 8 rings (SSSR count). The molecule has 3 N–H and O–H groups in total. The molecule has 2 aromatic heterocycles. The number of aromatic nitrogens is 1. The number of carbonyl (C=O) groups excluding carboxylic acids is 4. The number of nitrogens with zero attached hydrogens (tertiary/aromatic N) is 2. The normalized spacial score (nSPS) is 25.2. The number of carbonyl (C=O) groups is 4. The number of fused-ring (bicyclic) bond motifs is 5. The number of sulfonamides is 1. The van der Waals surface area contributed by atoms with Crippen molar-refractivity contribution >= 4 is 55.9 Å². The summed E-state index contributed by atoms with van der Waals surface area (Å²) in [5.41, 5.74) is 2.45. The molecule has 2 aliphatic carbocycles. The van der Waals surface area contributed by atoms with Gasteiger partial charge in [0.1, 0.15) is 40.6 Å². The smallest absolute Gasteiger partial charge is 0.407 e. The summed E-state index contributed by atoms with van der Waals surface area (Å²) >= 11 is 0. The minimum atomic E-state index is -3.91. The lowest BCUT2D eigenvalue weighted by Gasteiger charge is -2.29. The number of rotatable bonds is 8. The standard InChI is InChI=1S/C42H47N5O10S/c1-24-11-18-34-30(19-24)36-37(57-34)35(21-32(43-36)25-12-14-27(54-2)15-13-25)56-28-20-33-38(48)45-42(40(50)46-58(52,53)29-16-17-29)22-26(42)9-7-5-4-6-8-10-31(44-41(51)55-3)39(49)47(33)23-28/h7,9,11-15,18-19,21,26,28-29,31,33H,4-6,8,10,16-17,20,22-23H2,1-3H3,(H,44,51)(H,45,48)(H,46,50)/t26-,28-,31+,33+,42-/m1/s1. The van der Waals surface area contributed by atoms with E-state index in [1.54, 1.807) is 13.2 Å². The highest BCUT2D eigenvalue weighted by Gasteiger charge is 2.62. The van der Waals surface area contributed by atoms with Crippen molar-refractivity contribution in [2.75, 3.05) is 20.8 Å². The number of aryl methyl sites for hydroxylation is 1. The number of hydrogen-bond donors (Lipinski definition) is 3. The number of amides is 4. The number of pyridine rings is 1. The Morgan fingerprint density at radius 2 is 1.81 bits per heavy atom. The van der Waals surface area contributed by atoms with E-state index in [0.29, 0.717) is 66.0 Å². The van der Waals surface area contributed by atoms with Gasteiger partial charge in [-0.15, -0.1) is 0 Å². The highest BCUT2D eigenvalue weighted by molar-refractivity contribution is 7.91. The molecule has 2 saturated carbocycles. The highest BCUT2D eigenvalue weighted by Crippen LogP contribution is 2.46. The van der Waals surface area contributed by atoms with Crippen LogP contribution in [0.5, 0.6) is 11.5 Å². The Morgan fingerprint density at radius 3 is 2.55 bits per heavy atom. The van der Waals surface area contributed by atoms with Gasteiger partial charge >= 0.3 is 6.09 Å². The maximum Gasteiger partial charge on any atom is 0.407 e. The monoisotopic (exact) mass is 813 g/mol. The molecule has 15 nitrogen and oxygen atoms in total. The van der Waals surface area contributed by atoms with Crippen molar-refractivity contribution in [2.45, 2.75) is 93.7 Å². The van der Waals surface area contributed by atoms with E-state index in [9.17, 15) is 27.6 Å². The third-order valence-electron chi connectivity index (χ3n) is 11.5. The number of benzene rings is 2. The van der Waals surface area contributed by atoms with Crippen LogP contribution in [0.1, 0.15) is 63.4 Å². The first kappa shape index (κ1) is 39.2. The molecule has 2 aromatic carbocycles. The van der Waals surface area contributed by atoms with Crippen LogP contribution in [-0.4, -0.2) is 91.9 Å². The van der Waals surface area contributed by atoms with E-state index in [0.717, 1.165) is 29.4 Å². The van der Waals surface area contributed by atoms with E-state index >= 15 is 0 Å². The summed E-state index contributed by atoms with van der Waals surface area (Å²) in [6, 6.07) is 12.8. The number of furan rings is 1. The zero-order valence-corrected chi connectivity index (χ0v) is 33.4. The first-order chi connectivity index (χ1) is 27.9. The average Bonchev–Trinajstić information content (AvgIpc) is 4.11. The minimum Gasteiger partial charge on any atom is -0.497 e. The van der Waals surface area contributed by atoms with Crippen molar-refractivity contribution in [1.82, 2.24) is 25.2 Å². The maximum absolute atomic E-state index is 14.5. The van der Waals surface area contributed by atoms with Crippen molar-refractivity contribution in [3.63, 3.8) is 0 Å². The predicted molar refractivity (Wildman–Crippen MR) is 213 cm³/mol. The molecule has 306 valence electrons. The van der Waals surface area contributed by atoms with E-state index < -0.39 is 68.7 Å².